The number of rotatable bonds is 4. The maximum atomic E-state index is 5.92. The van der Waals surface area contributed by atoms with Crippen molar-refractivity contribution in [2.75, 3.05) is 0 Å². The Morgan fingerprint density at radius 3 is 2.05 bits per heavy atom. The Balaban J connectivity index is 1.73. The second-order valence-corrected chi connectivity index (χ2v) is 7.26. The molecule has 0 amide bonds. The van der Waals surface area contributed by atoms with Gasteiger partial charge in [0.1, 0.15) is 11.5 Å². The number of hydrogen-bond acceptors (Lipinski definition) is 1. The standard InChI is InChI=1S/C20H24O/c1-19(2)18(20(19,3)4)14-15-9-8-12-17(13-15)21-16-10-6-5-7-11-16/h5-13,18H,14H2,1-4H3. The monoisotopic (exact) mass is 280 g/mol. The predicted molar refractivity (Wildman–Crippen MR) is 87.7 cm³/mol. The van der Waals surface area contributed by atoms with Crippen LogP contribution in [-0.2, 0) is 6.42 Å². The highest BCUT2D eigenvalue weighted by Crippen LogP contribution is 2.69. The van der Waals surface area contributed by atoms with Crippen LogP contribution in [-0.4, -0.2) is 0 Å². The lowest BCUT2D eigenvalue weighted by Crippen LogP contribution is -1.95. The van der Waals surface area contributed by atoms with Crippen molar-refractivity contribution in [2.45, 2.75) is 34.1 Å². The summed E-state index contributed by atoms with van der Waals surface area (Å²) in [7, 11) is 0. The number of benzene rings is 2. The average Bonchev–Trinajstić information content (AvgIpc) is 2.83. The molecule has 0 heterocycles. The Labute approximate surface area is 128 Å². The fourth-order valence-electron chi connectivity index (χ4n) is 3.44. The first-order valence-corrected chi connectivity index (χ1v) is 7.73. The van der Waals surface area contributed by atoms with Crippen molar-refractivity contribution in [1.82, 2.24) is 0 Å². The highest BCUT2D eigenvalue weighted by molar-refractivity contribution is 5.35. The first-order chi connectivity index (χ1) is 9.91. The summed E-state index contributed by atoms with van der Waals surface area (Å²) in [5, 5.41) is 0. The molecule has 0 spiro atoms. The topological polar surface area (TPSA) is 9.23 Å². The largest absolute Gasteiger partial charge is 0.457 e. The van der Waals surface area contributed by atoms with E-state index >= 15 is 0 Å². The van der Waals surface area contributed by atoms with E-state index in [0.717, 1.165) is 23.8 Å². The Kier molecular flexibility index (Phi) is 3.32. The maximum Gasteiger partial charge on any atom is 0.127 e. The SMILES string of the molecule is CC1(C)C(Cc2cccc(Oc3ccccc3)c2)C1(C)C. The third-order valence-electron chi connectivity index (χ3n) is 5.64. The first-order valence-electron chi connectivity index (χ1n) is 7.73. The minimum Gasteiger partial charge on any atom is -0.457 e. The first kappa shape index (κ1) is 14.2. The number of para-hydroxylation sites is 1. The molecule has 21 heavy (non-hydrogen) atoms. The molecule has 1 aliphatic rings. The molecule has 1 saturated carbocycles. The van der Waals surface area contributed by atoms with Gasteiger partial charge in [-0.3, -0.25) is 0 Å². The maximum absolute atomic E-state index is 5.92. The van der Waals surface area contributed by atoms with E-state index in [1.807, 2.05) is 36.4 Å². The summed E-state index contributed by atoms with van der Waals surface area (Å²) in [6, 6.07) is 18.5. The van der Waals surface area contributed by atoms with E-state index in [0.29, 0.717) is 10.8 Å². The molecule has 1 heteroatoms. The zero-order valence-electron chi connectivity index (χ0n) is 13.4. The number of hydrogen-bond donors (Lipinski definition) is 0. The lowest BCUT2D eigenvalue weighted by Gasteiger charge is -2.08. The molecule has 110 valence electrons. The van der Waals surface area contributed by atoms with Crippen LogP contribution in [0.3, 0.4) is 0 Å². The summed E-state index contributed by atoms with van der Waals surface area (Å²) in [5.41, 5.74) is 2.24. The van der Waals surface area contributed by atoms with E-state index in [-0.39, 0.29) is 0 Å². The third-order valence-corrected chi connectivity index (χ3v) is 5.64. The molecule has 1 aliphatic carbocycles. The van der Waals surface area contributed by atoms with E-state index in [9.17, 15) is 0 Å². The van der Waals surface area contributed by atoms with Gasteiger partial charge < -0.3 is 4.74 Å². The smallest absolute Gasteiger partial charge is 0.127 e. The third kappa shape index (κ3) is 2.57. The van der Waals surface area contributed by atoms with Crippen LogP contribution in [0.5, 0.6) is 11.5 Å². The lowest BCUT2D eigenvalue weighted by atomic mass is 10.0. The molecular weight excluding hydrogens is 256 g/mol. The van der Waals surface area contributed by atoms with Gasteiger partial charge in [-0.2, -0.15) is 0 Å². The molecule has 0 aliphatic heterocycles. The number of ether oxygens (including phenoxy) is 1. The Morgan fingerprint density at radius 1 is 0.810 bits per heavy atom. The van der Waals surface area contributed by atoms with E-state index in [1.54, 1.807) is 0 Å². The van der Waals surface area contributed by atoms with Crippen LogP contribution < -0.4 is 4.74 Å². The molecule has 0 bridgehead atoms. The van der Waals surface area contributed by atoms with Crippen LogP contribution in [0.1, 0.15) is 33.3 Å². The van der Waals surface area contributed by atoms with E-state index in [1.165, 1.54) is 5.56 Å². The van der Waals surface area contributed by atoms with Crippen molar-refractivity contribution in [3.05, 3.63) is 60.2 Å². The quantitative estimate of drug-likeness (QED) is 0.697. The van der Waals surface area contributed by atoms with Gasteiger partial charge in [-0.25, -0.2) is 0 Å². The second kappa shape index (κ2) is 4.91. The average molecular weight is 280 g/mol. The van der Waals surface area contributed by atoms with E-state index < -0.39 is 0 Å². The molecule has 0 atom stereocenters. The van der Waals surface area contributed by atoms with Gasteiger partial charge in [-0.05, 0) is 53.0 Å². The van der Waals surface area contributed by atoms with Crippen molar-refractivity contribution in [2.24, 2.45) is 16.7 Å². The van der Waals surface area contributed by atoms with Gasteiger partial charge in [-0.1, -0.05) is 58.0 Å². The minimum absolute atomic E-state index is 0.434. The molecule has 0 radical (unpaired) electrons. The zero-order valence-corrected chi connectivity index (χ0v) is 13.4. The highest BCUT2D eigenvalue weighted by Gasteiger charge is 2.63. The van der Waals surface area contributed by atoms with Crippen molar-refractivity contribution in [3.8, 4) is 11.5 Å². The van der Waals surface area contributed by atoms with Gasteiger partial charge in [0.05, 0.1) is 0 Å². The van der Waals surface area contributed by atoms with Gasteiger partial charge in [-0.15, -0.1) is 0 Å². The van der Waals surface area contributed by atoms with Crippen LogP contribution in [0.2, 0.25) is 0 Å². The van der Waals surface area contributed by atoms with Gasteiger partial charge >= 0.3 is 0 Å². The molecule has 3 rings (SSSR count). The minimum atomic E-state index is 0.434. The van der Waals surface area contributed by atoms with Gasteiger partial charge in [0, 0.05) is 0 Å². The summed E-state index contributed by atoms with van der Waals surface area (Å²) in [6.45, 7) is 9.51. The molecule has 0 aromatic heterocycles. The molecule has 0 unspecified atom stereocenters. The van der Waals surface area contributed by atoms with Crippen molar-refractivity contribution < 1.29 is 4.74 Å². The summed E-state index contributed by atoms with van der Waals surface area (Å²) in [5.74, 6) is 2.56. The molecular formula is C20H24O. The van der Waals surface area contributed by atoms with Crippen LogP contribution in [0.4, 0.5) is 0 Å². The Morgan fingerprint density at radius 2 is 1.43 bits per heavy atom. The molecule has 2 aromatic rings. The summed E-state index contributed by atoms with van der Waals surface area (Å²) < 4.78 is 5.92. The zero-order chi connectivity index (χ0) is 15.1. The summed E-state index contributed by atoms with van der Waals surface area (Å²) in [6.07, 6.45) is 1.13. The molecule has 0 N–H and O–H groups in total. The molecule has 0 saturated heterocycles. The Hall–Kier alpha value is -1.76. The summed E-state index contributed by atoms with van der Waals surface area (Å²) in [4.78, 5) is 0. The molecule has 1 nitrogen and oxygen atoms in total. The fraction of sp³-hybridized carbons (Fsp3) is 0.400. The normalized spacial score (nSPS) is 19.2. The van der Waals surface area contributed by atoms with Crippen molar-refractivity contribution in [3.63, 3.8) is 0 Å². The van der Waals surface area contributed by atoms with Crippen molar-refractivity contribution >= 4 is 0 Å². The van der Waals surface area contributed by atoms with Crippen LogP contribution in [0, 0.1) is 16.7 Å². The van der Waals surface area contributed by atoms with Gasteiger partial charge in [0.15, 0.2) is 0 Å². The van der Waals surface area contributed by atoms with Crippen molar-refractivity contribution in [1.29, 1.82) is 0 Å². The highest BCUT2D eigenvalue weighted by atomic mass is 16.5. The predicted octanol–water partition coefficient (Wildman–Crippen LogP) is 5.70. The fourth-order valence-corrected chi connectivity index (χ4v) is 3.44. The van der Waals surface area contributed by atoms with Gasteiger partial charge in [0.2, 0.25) is 0 Å². The van der Waals surface area contributed by atoms with Crippen LogP contribution in [0.15, 0.2) is 54.6 Å². The molecule has 1 fully saturated rings. The van der Waals surface area contributed by atoms with E-state index in [2.05, 4.69) is 45.9 Å². The van der Waals surface area contributed by atoms with Gasteiger partial charge in [0.25, 0.3) is 0 Å². The Bertz CT molecular complexity index is 611. The van der Waals surface area contributed by atoms with Crippen LogP contribution in [0.25, 0.3) is 0 Å². The molecule has 2 aromatic carbocycles. The lowest BCUT2D eigenvalue weighted by molar-refractivity contribution is 0.457. The second-order valence-electron chi connectivity index (χ2n) is 7.26. The summed E-state index contributed by atoms with van der Waals surface area (Å²) >= 11 is 0. The van der Waals surface area contributed by atoms with E-state index in [4.69, 9.17) is 4.74 Å². The van der Waals surface area contributed by atoms with Crippen LogP contribution >= 0.6 is 0 Å².